The summed E-state index contributed by atoms with van der Waals surface area (Å²) >= 11 is 0. The van der Waals surface area contributed by atoms with E-state index in [0.29, 0.717) is 25.0 Å². The maximum Gasteiger partial charge on any atom is 0.315 e. The fourth-order valence-corrected chi connectivity index (χ4v) is 0.989. The molecule has 0 saturated heterocycles. The number of nitrogens with one attached hydrogen (secondary N) is 2. The van der Waals surface area contributed by atoms with Gasteiger partial charge in [-0.05, 0) is 20.4 Å². The Bertz CT molecular complexity index is 312. The molecule has 0 aliphatic rings. The number of nitrogens with zero attached hydrogens (tertiary/aromatic N) is 2. The Morgan fingerprint density at radius 3 is 2.75 bits per heavy atom. The van der Waals surface area contributed by atoms with E-state index in [9.17, 15) is 0 Å². The van der Waals surface area contributed by atoms with Gasteiger partial charge in [0.25, 0.3) is 0 Å². The summed E-state index contributed by atoms with van der Waals surface area (Å²) in [7, 11) is 1.67. The largest absolute Gasteiger partial charge is 0.407 e. The second-order valence-electron chi connectivity index (χ2n) is 4.10. The average molecular weight is 228 g/mol. The van der Waals surface area contributed by atoms with Gasteiger partial charge in [0.2, 0.25) is 5.89 Å². The minimum Gasteiger partial charge on any atom is -0.407 e. The van der Waals surface area contributed by atoms with Gasteiger partial charge < -0.3 is 19.8 Å². The van der Waals surface area contributed by atoms with Crippen molar-refractivity contribution in [2.75, 3.05) is 25.5 Å². The molecule has 0 amide bonds. The van der Waals surface area contributed by atoms with Crippen molar-refractivity contribution in [3.8, 4) is 0 Å². The van der Waals surface area contributed by atoms with Crippen LogP contribution in [0.15, 0.2) is 4.42 Å². The minimum atomic E-state index is -0.254. The highest BCUT2D eigenvalue weighted by molar-refractivity contribution is 5.17. The number of hydrogen-bond acceptors (Lipinski definition) is 6. The molecule has 6 nitrogen and oxygen atoms in total. The van der Waals surface area contributed by atoms with Gasteiger partial charge in [-0.15, -0.1) is 5.10 Å². The van der Waals surface area contributed by atoms with Gasteiger partial charge in [-0.1, -0.05) is 12.0 Å². The normalized spacial score (nSPS) is 11.8. The van der Waals surface area contributed by atoms with Gasteiger partial charge in [0.1, 0.15) is 0 Å². The van der Waals surface area contributed by atoms with Gasteiger partial charge in [-0.2, -0.15) is 0 Å². The number of hydrogen-bond donors (Lipinski definition) is 2. The van der Waals surface area contributed by atoms with Gasteiger partial charge in [0.05, 0.1) is 12.1 Å². The molecule has 0 atom stereocenters. The number of methoxy groups -OCH3 is 1. The summed E-state index contributed by atoms with van der Waals surface area (Å²) in [6.07, 6.45) is 0. The van der Waals surface area contributed by atoms with Crippen LogP contribution in [0, 0.1) is 0 Å². The van der Waals surface area contributed by atoms with Crippen LogP contribution < -0.4 is 10.6 Å². The highest BCUT2D eigenvalue weighted by Gasteiger charge is 2.17. The van der Waals surface area contributed by atoms with Crippen molar-refractivity contribution < 1.29 is 9.15 Å². The first-order chi connectivity index (χ1) is 7.57. The zero-order chi connectivity index (χ0) is 12.0. The molecule has 1 aromatic heterocycles. The summed E-state index contributed by atoms with van der Waals surface area (Å²) in [6.45, 7) is 8.08. The summed E-state index contributed by atoms with van der Waals surface area (Å²) in [4.78, 5) is 0. The molecule has 1 aromatic rings. The van der Waals surface area contributed by atoms with Crippen molar-refractivity contribution in [1.82, 2.24) is 15.5 Å². The number of anilines is 1. The van der Waals surface area contributed by atoms with Crippen molar-refractivity contribution in [2.24, 2.45) is 0 Å². The molecule has 0 fully saturated rings. The highest BCUT2D eigenvalue weighted by Crippen LogP contribution is 2.10. The summed E-state index contributed by atoms with van der Waals surface area (Å²) in [5.74, 6) is 0.583. The first-order valence-electron chi connectivity index (χ1n) is 5.39. The molecule has 0 bridgehead atoms. The molecule has 6 heteroatoms. The van der Waals surface area contributed by atoms with Crippen molar-refractivity contribution in [3.05, 3.63) is 5.89 Å². The van der Waals surface area contributed by atoms with Crippen molar-refractivity contribution in [2.45, 2.75) is 32.9 Å². The second kappa shape index (κ2) is 5.81. The molecule has 0 aliphatic carbocycles. The van der Waals surface area contributed by atoms with E-state index in [1.54, 1.807) is 7.11 Å². The van der Waals surface area contributed by atoms with E-state index in [0.717, 1.165) is 6.54 Å². The van der Waals surface area contributed by atoms with Crippen LogP contribution in [-0.4, -0.2) is 36.0 Å². The Labute approximate surface area is 95.8 Å². The van der Waals surface area contributed by atoms with E-state index < -0.39 is 0 Å². The van der Waals surface area contributed by atoms with E-state index in [-0.39, 0.29) is 5.60 Å². The third-order valence-corrected chi connectivity index (χ3v) is 2.21. The number of aromatic nitrogens is 2. The van der Waals surface area contributed by atoms with E-state index in [1.807, 2.05) is 20.8 Å². The van der Waals surface area contributed by atoms with E-state index in [1.165, 1.54) is 0 Å². The van der Waals surface area contributed by atoms with Gasteiger partial charge in [-0.25, -0.2) is 0 Å². The fourth-order valence-electron chi connectivity index (χ4n) is 0.989. The van der Waals surface area contributed by atoms with Crippen LogP contribution in [0.5, 0.6) is 0 Å². The van der Waals surface area contributed by atoms with E-state index in [2.05, 4.69) is 20.8 Å². The number of ether oxygens (including phenoxy) is 1. The van der Waals surface area contributed by atoms with Crippen molar-refractivity contribution in [1.29, 1.82) is 0 Å². The highest BCUT2D eigenvalue weighted by atomic mass is 16.5. The van der Waals surface area contributed by atoms with Gasteiger partial charge in [-0.3, -0.25) is 0 Å². The molecule has 0 spiro atoms. The Morgan fingerprint density at radius 2 is 2.12 bits per heavy atom. The van der Waals surface area contributed by atoms with Gasteiger partial charge in [0.15, 0.2) is 0 Å². The molecule has 0 saturated carbocycles. The summed E-state index contributed by atoms with van der Waals surface area (Å²) in [5, 5.41) is 13.9. The molecule has 16 heavy (non-hydrogen) atoms. The Hall–Kier alpha value is -1.14. The van der Waals surface area contributed by atoms with Crippen LogP contribution in [0.2, 0.25) is 0 Å². The zero-order valence-corrected chi connectivity index (χ0v) is 10.3. The first-order valence-corrected chi connectivity index (χ1v) is 5.39. The van der Waals surface area contributed by atoms with Crippen LogP contribution in [0.4, 0.5) is 6.01 Å². The first kappa shape index (κ1) is 12.9. The van der Waals surface area contributed by atoms with E-state index in [4.69, 9.17) is 9.15 Å². The lowest BCUT2D eigenvalue weighted by Gasteiger charge is -2.22. The third kappa shape index (κ3) is 4.16. The maximum atomic E-state index is 5.37. The lowest BCUT2D eigenvalue weighted by atomic mass is 10.1. The summed E-state index contributed by atoms with van der Waals surface area (Å²) < 4.78 is 10.6. The SMILES string of the molecule is CCNCc1nnc(NCC(C)(C)OC)o1. The predicted octanol–water partition coefficient (Wildman–Crippen LogP) is 1.02. The molecular formula is C10H20N4O2. The van der Waals surface area contributed by atoms with Crippen LogP contribution in [-0.2, 0) is 11.3 Å². The molecule has 0 unspecified atom stereocenters. The topological polar surface area (TPSA) is 72.2 Å². The Morgan fingerprint density at radius 1 is 1.38 bits per heavy atom. The predicted molar refractivity (Wildman–Crippen MR) is 61.3 cm³/mol. The molecule has 1 rings (SSSR count). The van der Waals surface area contributed by atoms with Gasteiger partial charge in [0, 0.05) is 13.7 Å². The summed E-state index contributed by atoms with van der Waals surface area (Å²) in [5.41, 5.74) is -0.254. The number of rotatable bonds is 7. The van der Waals surface area contributed by atoms with Crippen molar-refractivity contribution >= 4 is 6.01 Å². The fraction of sp³-hybridized carbons (Fsp3) is 0.800. The molecule has 0 radical (unpaired) electrons. The summed E-state index contributed by atoms with van der Waals surface area (Å²) in [6, 6.07) is 0.429. The Kier molecular flexibility index (Phi) is 4.70. The Balaban J connectivity index is 2.40. The van der Waals surface area contributed by atoms with Gasteiger partial charge >= 0.3 is 6.01 Å². The quantitative estimate of drug-likeness (QED) is 0.726. The smallest absolute Gasteiger partial charge is 0.315 e. The standard InChI is InChI=1S/C10H20N4O2/c1-5-11-6-8-13-14-9(16-8)12-7-10(2,3)15-4/h11H,5-7H2,1-4H3,(H,12,14). The molecule has 0 aliphatic heterocycles. The molecule has 1 heterocycles. The molecule has 92 valence electrons. The van der Waals surface area contributed by atoms with Crippen LogP contribution in [0.25, 0.3) is 0 Å². The van der Waals surface area contributed by atoms with Crippen molar-refractivity contribution in [3.63, 3.8) is 0 Å². The molecule has 0 aromatic carbocycles. The molecule has 2 N–H and O–H groups in total. The maximum absolute atomic E-state index is 5.37. The monoisotopic (exact) mass is 228 g/mol. The van der Waals surface area contributed by atoms with Crippen LogP contribution >= 0.6 is 0 Å². The second-order valence-corrected chi connectivity index (χ2v) is 4.10. The zero-order valence-electron chi connectivity index (χ0n) is 10.3. The molecular weight excluding hydrogens is 208 g/mol. The van der Waals surface area contributed by atoms with Crippen LogP contribution in [0.1, 0.15) is 26.7 Å². The lowest BCUT2D eigenvalue weighted by Crippen LogP contribution is -2.32. The lowest BCUT2D eigenvalue weighted by molar-refractivity contribution is 0.0339. The van der Waals surface area contributed by atoms with Crippen LogP contribution in [0.3, 0.4) is 0 Å². The third-order valence-electron chi connectivity index (χ3n) is 2.21. The minimum absolute atomic E-state index is 0.254. The van der Waals surface area contributed by atoms with E-state index >= 15 is 0 Å². The average Bonchev–Trinajstić information content (AvgIpc) is 2.72.